The van der Waals surface area contributed by atoms with Crippen molar-refractivity contribution in [1.82, 2.24) is 10.9 Å². The summed E-state index contributed by atoms with van der Waals surface area (Å²) in [7, 11) is 0. The number of hydrazine groups is 1. The average Bonchev–Trinajstić information content (AvgIpc) is 2.64. The highest BCUT2D eigenvalue weighted by Gasteiger charge is 2.07. The van der Waals surface area contributed by atoms with Crippen molar-refractivity contribution in [1.29, 1.82) is 0 Å². The Hall–Kier alpha value is -2.79. The van der Waals surface area contributed by atoms with Crippen molar-refractivity contribution in [2.75, 3.05) is 6.61 Å². The highest BCUT2D eigenvalue weighted by Crippen LogP contribution is 2.16. The minimum absolute atomic E-state index is 0.414. The van der Waals surface area contributed by atoms with Gasteiger partial charge >= 0.3 is 0 Å². The summed E-state index contributed by atoms with van der Waals surface area (Å²) in [6.45, 7) is 4.73. The highest BCUT2D eigenvalue weighted by molar-refractivity contribution is 6.32. The molecular formula is C20H21ClN2O3. The van der Waals surface area contributed by atoms with Crippen LogP contribution in [0.4, 0.5) is 0 Å². The molecule has 0 saturated carbocycles. The molecule has 0 heterocycles. The summed E-state index contributed by atoms with van der Waals surface area (Å²) in [5.41, 5.74) is 5.81. The Morgan fingerprint density at radius 1 is 1.08 bits per heavy atom. The summed E-state index contributed by atoms with van der Waals surface area (Å²) < 4.78 is 5.56. The van der Waals surface area contributed by atoms with Crippen LogP contribution in [0.25, 0.3) is 6.08 Å². The van der Waals surface area contributed by atoms with Gasteiger partial charge in [-0.05, 0) is 47.9 Å². The summed E-state index contributed by atoms with van der Waals surface area (Å²) in [4.78, 5) is 23.8. The Labute approximate surface area is 158 Å². The zero-order chi connectivity index (χ0) is 18.9. The van der Waals surface area contributed by atoms with Crippen molar-refractivity contribution in [2.24, 2.45) is 5.92 Å². The monoisotopic (exact) mass is 372 g/mol. The maximum Gasteiger partial charge on any atom is 0.269 e. The fourth-order valence-electron chi connectivity index (χ4n) is 1.97. The van der Waals surface area contributed by atoms with Crippen LogP contribution in [0.15, 0.2) is 54.6 Å². The molecule has 0 fully saturated rings. The van der Waals surface area contributed by atoms with E-state index in [4.69, 9.17) is 16.3 Å². The number of carbonyl (C=O) groups excluding carboxylic acids is 2. The fraction of sp³-hybridized carbons (Fsp3) is 0.200. The van der Waals surface area contributed by atoms with E-state index in [-0.39, 0.29) is 0 Å². The standard InChI is InChI=1S/C20H21ClN2O3/c1-14(2)13-26-17-10-7-16(8-11-17)20(25)23-22-19(24)12-9-15-5-3-4-6-18(15)21/h3-12,14H,13H2,1-2H3,(H,22,24)(H,23,25). The summed E-state index contributed by atoms with van der Waals surface area (Å²) in [5.74, 6) is 0.240. The number of halogens is 1. The molecule has 0 aliphatic rings. The number of rotatable bonds is 6. The van der Waals surface area contributed by atoms with E-state index in [2.05, 4.69) is 24.7 Å². The number of ether oxygens (including phenoxy) is 1. The minimum Gasteiger partial charge on any atom is -0.493 e. The van der Waals surface area contributed by atoms with Crippen LogP contribution in [0.2, 0.25) is 5.02 Å². The Kier molecular flexibility index (Phi) is 7.24. The van der Waals surface area contributed by atoms with E-state index in [1.807, 2.05) is 6.07 Å². The zero-order valence-electron chi connectivity index (χ0n) is 14.7. The van der Waals surface area contributed by atoms with E-state index in [0.717, 1.165) is 0 Å². The first-order valence-electron chi connectivity index (χ1n) is 8.21. The number of hydrogen-bond acceptors (Lipinski definition) is 3. The largest absolute Gasteiger partial charge is 0.493 e. The maximum atomic E-state index is 12.0. The molecule has 2 rings (SSSR count). The zero-order valence-corrected chi connectivity index (χ0v) is 15.4. The average molecular weight is 373 g/mol. The van der Waals surface area contributed by atoms with Crippen LogP contribution in [-0.4, -0.2) is 18.4 Å². The van der Waals surface area contributed by atoms with E-state index >= 15 is 0 Å². The van der Waals surface area contributed by atoms with Gasteiger partial charge in [0, 0.05) is 16.7 Å². The number of nitrogens with one attached hydrogen (secondary N) is 2. The summed E-state index contributed by atoms with van der Waals surface area (Å²) in [6.07, 6.45) is 2.87. The van der Waals surface area contributed by atoms with Crippen LogP contribution in [0.3, 0.4) is 0 Å². The Morgan fingerprint density at radius 2 is 1.77 bits per heavy atom. The van der Waals surface area contributed by atoms with Gasteiger partial charge in [-0.25, -0.2) is 0 Å². The molecule has 0 aromatic heterocycles. The van der Waals surface area contributed by atoms with Gasteiger partial charge in [-0.1, -0.05) is 43.6 Å². The lowest BCUT2D eigenvalue weighted by Crippen LogP contribution is -2.40. The van der Waals surface area contributed by atoms with E-state index < -0.39 is 11.8 Å². The van der Waals surface area contributed by atoms with Crippen molar-refractivity contribution in [2.45, 2.75) is 13.8 Å². The van der Waals surface area contributed by atoms with Crippen molar-refractivity contribution in [3.05, 3.63) is 70.8 Å². The van der Waals surface area contributed by atoms with Gasteiger partial charge in [-0.2, -0.15) is 0 Å². The SMILES string of the molecule is CC(C)COc1ccc(C(=O)NNC(=O)C=Cc2ccccc2Cl)cc1. The topological polar surface area (TPSA) is 67.4 Å². The second-order valence-electron chi connectivity index (χ2n) is 6.03. The molecule has 5 nitrogen and oxygen atoms in total. The second kappa shape index (κ2) is 9.63. The van der Waals surface area contributed by atoms with E-state index in [1.165, 1.54) is 6.08 Å². The molecule has 0 aliphatic carbocycles. The Balaban J connectivity index is 1.84. The predicted octanol–water partition coefficient (Wildman–Crippen LogP) is 3.85. The first-order valence-corrected chi connectivity index (χ1v) is 8.59. The molecule has 2 amide bonds. The van der Waals surface area contributed by atoms with Crippen molar-refractivity contribution in [3.63, 3.8) is 0 Å². The van der Waals surface area contributed by atoms with Gasteiger partial charge in [-0.3, -0.25) is 20.4 Å². The molecule has 2 aromatic rings. The van der Waals surface area contributed by atoms with Gasteiger partial charge in [0.05, 0.1) is 6.61 Å². The van der Waals surface area contributed by atoms with Crippen LogP contribution in [-0.2, 0) is 4.79 Å². The van der Waals surface area contributed by atoms with Gasteiger partial charge in [0.2, 0.25) is 0 Å². The molecule has 6 heteroatoms. The number of hydrogen-bond donors (Lipinski definition) is 2. The Morgan fingerprint density at radius 3 is 2.42 bits per heavy atom. The van der Waals surface area contributed by atoms with E-state index in [1.54, 1.807) is 48.5 Å². The number of amides is 2. The van der Waals surface area contributed by atoms with Crippen molar-refractivity contribution < 1.29 is 14.3 Å². The molecule has 0 atom stereocenters. The van der Waals surface area contributed by atoms with Gasteiger partial charge < -0.3 is 4.74 Å². The van der Waals surface area contributed by atoms with E-state index in [9.17, 15) is 9.59 Å². The van der Waals surface area contributed by atoms with Gasteiger partial charge in [0.15, 0.2) is 0 Å². The third-order valence-corrected chi connectivity index (χ3v) is 3.66. The van der Waals surface area contributed by atoms with Gasteiger partial charge in [0.1, 0.15) is 5.75 Å². The van der Waals surface area contributed by atoms with Crippen molar-refractivity contribution >= 4 is 29.5 Å². The molecule has 136 valence electrons. The lowest BCUT2D eigenvalue weighted by Gasteiger charge is -2.09. The smallest absolute Gasteiger partial charge is 0.269 e. The molecular weight excluding hydrogens is 352 g/mol. The van der Waals surface area contributed by atoms with Crippen molar-refractivity contribution in [3.8, 4) is 5.75 Å². The van der Waals surface area contributed by atoms with Gasteiger partial charge in [0.25, 0.3) is 11.8 Å². The predicted molar refractivity (Wildman–Crippen MR) is 103 cm³/mol. The molecule has 26 heavy (non-hydrogen) atoms. The molecule has 0 bridgehead atoms. The fourth-order valence-corrected chi connectivity index (χ4v) is 2.17. The lowest BCUT2D eigenvalue weighted by atomic mass is 10.2. The number of carbonyl (C=O) groups is 2. The molecule has 0 radical (unpaired) electrons. The second-order valence-corrected chi connectivity index (χ2v) is 6.43. The van der Waals surface area contributed by atoms with Crippen LogP contribution < -0.4 is 15.6 Å². The first-order chi connectivity index (χ1) is 12.5. The highest BCUT2D eigenvalue weighted by atomic mass is 35.5. The quantitative estimate of drug-likeness (QED) is 0.597. The Bertz CT molecular complexity index is 786. The van der Waals surface area contributed by atoms with Gasteiger partial charge in [-0.15, -0.1) is 0 Å². The third kappa shape index (κ3) is 6.26. The molecule has 0 aliphatic heterocycles. The summed E-state index contributed by atoms with van der Waals surface area (Å²) in [5, 5.41) is 0.542. The normalized spacial score (nSPS) is 10.8. The lowest BCUT2D eigenvalue weighted by molar-refractivity contribution is -0.117. The maximum absolute atomic E-state index is 12.0. The van der Waals surface area contributed by atoms with E-state index in [0.29, 0.717) is 34.4 Å². The molecule has 0 unspecified atom stereocenters. The summed E-state index contributed by atoms with van der Waals surface area (Å²) >= 11 is 6.00. The minimum atomic E-state index is -0.463. The number of benzene rings is 2. The molecule has 2 aromatic carbocycles. The first kappa shape index (κ1) is 19.5. The molecule has 0 saturated heterocycles. The molecule has 0 spiro atoms. The van der Waals surface area contributed by atoms with Crippen LogP contribution in [0.5, 0.6) is 5.75 Å². The third-order valence-electron chi connectivity index (χ3n) is 3.32. The van der Waals surface area contributed by atoms with Crippen LogP contribution in [0, 0.1) is 5.92 Å². The molecule has 2 N–H and O–H groups in total. The van der Waals surface area contributed by atoms with Crippen LogP contribution >= 0.6 is 11.6 Å². The van der Waals surface area contributed by atoms with Crippen LogP contribution in [0.1, 0.15) is 29.8 Å². The summed E-state index contributed by atoms with van der Waals surface area (Å²) in [6, 6.07) is 13.8.